The molecule has 1 aromatic heterocycles. The molecule has 0 unspecified atom stereocenters. The number of piperidine rings is 1. The largest absolute Gasteiger partial charge is 0.433 e. The first kappa shape index (κ1) is 17.9. The van der Waals surface area contributed by atoms with Crippen LogP contribution in [-0.4, -0.2) is 34.0 Å². The number of anilines is 1. The van der Waals surface area contributed by atoms with Gasteiger partial charge in [-0.05, 0) is 36.6 Å². The number of nitrogens with one attached hydrogen (secondary N) is 1. The monoisotopic (exact) mass is 370 g/mol. The van der Waals surface area contributed by atoms with Gasteiger partial charge in [0.15, 0.2) is 0 Å². The first-order valence-corrected chi connectivity index (χ1v) is 8.41. The zero-order valence-electron chi connectivity index (χ0n) is 13.4. The van der Waals surface area contributed by atoms with Crippen LogP contribution in [0.1, 0.15) is 24.1 Å². The van der Waals surface area contributed by atoms with E-state index in [4.69, 9.17) is 11.6 Å². The summed E-state index contributed by atoms with van der Waals surface area (Å²) in [6.07, 6.45) is -1.67. The van der Waals surface area contributed by atoms with Crippen molar-refractivity contribution in [3.05, 3.63) is 52.8 Å². The molecule has 0 saturated carbocycles. The Morgan fingerprint density at radius 1 is 1.12 bits per heavy atom. The van der Waals surface area contributed by atoms with Gasteiger partial charge in [0.05, 0.1) is 0 Å². The zero-order valence-corrected chi connectivity index (χ0v) is 14.2. The van der Waals surface area contributed by atoms with E-state index in [0.29, 0.717) is 5.02 Å². The van der Waals surface area contributed by atoms with Gasteiger partial charge in [0.25, 0.3) is 0 Å². The summed E-state index contributed by atoms with van der Waals surface area (Å²) in [7, 11) is 0. The van der Waals surface area contributed by atoms with Crippen LogP contribution in [0.25, 0.3) is 0 Å². The van der Waals surface area contributed by atoms with Crippen LogP contribution in [0.15, 0.2) is 36.5 Å². The Bertz CT molecular complexity index is 698. The number of nitrogens with zero attached hydrogens (tertiary/aromatic N) is 3. The van der Waals surface area contributed by atoms with Crippen molar-refractivity contribution in [2.45, 2.75) is 31.6 Å². The molecular weight excluding hydrogens is 353 g/mol. The van der Waals surface area contributed by atoms with Gasteiger partial charge in [-0.25, -0.2) is 9.97 Å². The summed E-state index contributed by atoms with van der Waals surface area (Å²) in [6.45, 7) is 2.56. The summed E-state index contributed by atoms with van der Waals surface area (Å²) in [5, 5.41) is 3.73. The van der Waals surface area contributed by atoms with Crippen molar-refractivity contribution in [3.63, 3.8) is 0 Å². The Kier molecular flexibility index (Phi) is 5.44. The molecule has 0 radical (unpaired) electrons. The number of benzene rings is 1. The van der Waals surface area contributed by atoms with Gasteiger partial charge in [-0.2, -0.15) is 13.2 Å². The molecule has 0 aliphatic carbocycles. The second kappa shape index (κ2) is 7.58. The molecule has 134 valence electrons. The van der Waals surface area contributed by atoms with Gasteiger partial charge in [0.1, 0.15) is 5.69 Å². The fourth-order valence-corrected chi connectivity index (χ4v) is 2.98. The molecule has 1 aliphatic rings. The van der Waals surface area contributed by atoms with Crippen LogP contribution < -0.4 is 5.32 Å². The molecule has 0 amide bonds. The number of hydrogen-bond acceptors (Lipinski definition) is 4. The van der Waals surface area contributed by atoms with E-state index in [9.17, 15) is 13.2 Å². The minimum atomic E-state index is -4.46. The molecule has 1 aliphatic heterocycles. The lowest BCUT2D eigenvalue weighted by molar-refractivity contribution is -0.141. The van der Waals surface area contributed by atoms with E-state index < -0.39 is 11.9 Å². The van der Waals surface area contributed by atoms with Gasteiger partial charge in [0.2, 0.25) is 5.95 Å². The van der Waals surface area contributed by atoms with Crippen LogP contribution in [0, 0.1) is 0 Å². The summed E-state index contributed by atoms with van der Waals surface area (Å²) in [4.78, 5) is 9.77. The first-order valence-electron chi connectivity index (χ1n) is 8.04. The summed E-state index contributed by atoms with van der Waals surface area (Å²) >= 11 is 5.89. The van der Waals surface area contributed by atoms with Gasteiger partial charge in [-0.15, -0.1) is 0 Å². The SMILES string of the molecule is FC(F)(F)c1ccnc(NC2CCN(Cc3ccc(Cl)cc3)CC2)n1. The third-order valence-corrected chi connectivity index (χ3v) is 4.44. The lowest BCUT2D eigenvalue weighted by atomic mass is 10.0. The molecule has 0 atom stereocenters. The summed E-state index contributed by atoms with van der Waals surface area (Å²) < 4.78 is 38.1. The number of halogens is 4. The minimum Gasteiger partial charge on any atom is -0.351 e. The van der Waals surface area contributed by atoms with Gasteiger partial charge in [-0.3, -0.25) is 4.90 Å². The molecule has 1 saturated heterocycles. The molecule has 0 bridgehead atoms. The highest BCUT2D eigenvalue weighted by atomic mass is 35.5. The highest BCUT2D eigenvalue weighted by Crippen LogP contribution is 2.28. The average Bonchev–Trinajstić information content (AvgIpc) is 2.58. The molecule has 2 heterocycles. The average molecular weight is 371 g/mol. The second-order valence-electron chi connectivity index (χ2n) is 6.08. The molecule has 25 heavy (non-hydrogen) atoms. The maximum Gasteiger partial charge on any atom is 0.433 e. The standard InChI is InChI=1S/C17H18ClF3N4/c18-13-3-1-12(2-4-13)11-25-9-6-14(7-10-25)23-16-22-8-5-15(24-16)17(19,20)21/h1-5,8,14H,6-7,9-11H2,(H,22,23,24). The summed E-state index contributed by atoms with van der Waals surface area (Å²) in [5.74, 6) is 0.0333. The van der Waals surface area contributed by atoms with E-state index in [1.165, 1.54) is 5.56 Å². The van der Waals surface area contributed by atoms with E-state index in [-0.39, 0.29) is 12.0 Å². The third kappa shape index (κ3) is 5.06. The topological polar surface area (TPSA) is 41.1 Å². The quantitative estimate of drug-likeness (QED) is 0.874. The van der Waals surface area contributed by atoms with Crippen molar-refractivity contribution in [2.75, 3.05) is 18.4 Å². The molecule has 2 aromatic rings. The van der Waals surface area contributed by atoms with Crippen LogP contribution in [0.4, 0.5) is 19.1 Å². The third-order valence-electron chi connectivity index (χ3n) is 4.19. The van der Waals surface area contributed by atoms with Crippen LogP contribution >= 0.6 is 11.6 Å². The van der Waals surface area contributed by atoms with E-state index >= 15 is 0 Å². The number of aromatic nitrogens is 2. The van der Waals surface area contributed by atoms with Crippen LogP contribution in [0.2, 0.25) is 5.02 Å². The Morgan fingerprint density at radius 2 is 1.80 bits per heavy atom. The lowest BCUT2D eigenvalue weighted by Crippen LogP contribution is -2.39. The van der Waals surface area contributed by atoms with E-state index in [0.717, 1.165) is 44.7 Å². The maximum absolute atomic E-state index is 12.7. The highest BCUT2D eigenvalue weighted by Gasteiger charge is 2.33. The smallest absolute Gasteiger partial charge is 0.351 e. The van der Waals surface area contributed by atoms with Gasteiger partial charge in [0, 0.05) is 36.9 Å². The van der Waals surface area contributed by atoms with Crippen molar-refractivity contribution in [2.24, 2.45) is 0 Å². The van der Waals surface area contributed by atoms with Gasteiger partial charge in [-0.1, -0.05) is 23.7 Å². The predicted octanol–water partition coefficient (Wildman–Crippen LogP) is 4.23. The summed E-state index contributed by atoms with van der Waals surface area (Å²) in [6, 6.07) is 8.70. The number of alkyl halides is 3. The fourth-order valence-electron chi connectivity index (χ4n) is 2.85. The molecule has 3 rings (SSSR count). The summed E-state index contributed by atoms with van der Waals surface area (Å²) in [5.41, 5.74) is 0.266. The maximum atomic E-state index is 12.7. The second-order valence-corrected chi connectivity index (χ2v) is 6.52. The molecule has 4 nitrogen and oxygen atoms in total. The highest BCUT2D eigenvalue weighted by molar-refractivity contribution is 6.30. The molecule has 1 aromatic carbocycles. The van der Waals surface area contributed by atoms with E-state index in [1.54, 1.807) is 0 Å². The van der Waals surface area contributed by atoms with Gasteiger partial charge >= 0.3 is 6.18 Å². The van der Waals surface area contributed by atoms with Crippen LogP contribution in [-0.2, 0) is 12.7 Å². The Hall–Kier alpha value is -1.86. The lowest BCUT2D eigenvalue weighted by Gasteiger charge is -2.32. The Balaban J connectivity index is 1.52. The fraction of sp³-hybridized carbons (Fsp3) is 0.412. The molecule has 1 fully saturated rings. The molecule has 8 heteroatoms. The zero-order chi connectivity index (χ0) is 17.9. The molecule has 1 N–H and O–H groups in total. The van der Waals surface area contributed by atoms with Crippen molar-refractivity contribution in [1.82, 2.24) is 14.9 Å². The molecular formula is C17H18ClF3N4. The Morgan fingerprint density at radius 3 is 2.44 bits per heavy atom. The first-order chi connectivity index (χ1) is 11.9. The number of hydrogen-bond donors (Lipinski definition) is 1. The van der Waals surface area contributed by atoms with Crippen molar-refractivity contribution < 1.29 is 13.2 Å². The van der Waals surface area contributed by atoms with Crippen molar-refractivity contribution >= 4 is 17.5 Å². The van der Waals surface area contributed by atoms with Crippen molar-refractivity contribution in [3.8, 4) is 0 Å². The van der Waals surface area contributed by atoms with E-state index in [2.05, 4.69) is 20.2 Å². The van der Waals surface area contributed by atoms with E-state index in [1.807, 2.05) is 24.3 Å². The number of likely N-dealkylation sites (tertiary alicyclic amines) is 1. The van der Waals surface area contributed by atoms with Crippen LogP contribution in [0.3, 0.4) is 0 Å². The number of rotatable bonds is 4. The van der Waals surface area contributed by atoms with Crippen molar-refractivity contribution in [1.29, 1.82) is 0 Å². The molecule has 0 spiro atoms. The normalized spacial score (nSPS) is 16.8. The predicted molar refractivity (Wildman–Crippen MR) is 90.4 cm³/mol. The van der Waals surface area contributed by atoms with Crippen LogP contribution in [0.5, 0.6) is 0 Å². The minimum absolute atomic E-state index is 0.0333. The Labute approximate surface area is 149 Å². The van der Waals surface area contributed by atoms with Gasteiger partial charge < -0.3 is 5.32 Å².